The molecule has 34 heavy (non-hydrogen) atoms. The lowest BCUT2D eigenvalue weighted by Crippen LogP contribution is -3.10. The highest BCUT2D eigenvalue weighted by molar-refractivity contribution is 5.53. The van der Waals surface area contributed by atoms with Crippen LogP contribution in [-0.4, -0.2) is 54.4 Å². The van der Waals surface area contributed by atoms with Crippen molar-refractivity contribution in [2.75, 3.05) is 52.1 Å². The second-order valence-electron chi connectivity index (χ2n) is 8.19. The molecular weight excluding hydrogens is 416 g/mol. The average Bonchev–Trinajstić information content (AvgIpc) is 2.89. The molecule has 0 bridgehead atoms. The van der Waals surface area contributed by atoms with Gasteiger partial charge in [0.15, 0.2) is 0 Å². The number of quaternary nitrogens is 2. The number of hydrogen-bond acceptors (Lipinski definition) is 2. The van der Waals surface area contributed by atoms with Gasteiger partial charge in [-0.1, -0.05) is 41.5 Å². The molecule has 0 heterocycles. The zero-order chi connectivity index (χ0) is 26.3. The van der Waals surface area contributed by atoms with E-state index in [1.165, 1.54) is 32.5 Å². The molecule has 0 saturated heterocycles. The van der Waals surface area contributed by atoms with E-state index in [2.05, 4.69) is 125 Å². The van der Waals surface area contributed by atoms with Crippen LogP contribution in [0.2, 0.25) is 0 Å². The van der Waals surface area contributed by atoms with E-state index < -0.39 is 0 Å². The number of hydrogen-bond donors (Lipinski definition) is 2. The molecular formula is C30H52N4+2. The minimum absolute atomic E-state index is 0.283. The van der Waals surface area contributed by atoms with Gasteiger partial charge in [-0.2, -0.15) is 0 Å². The highest BCUT2D eigenvalue weighted by atomic mass is 15.2. The zero-order valence-corrected chi connectivity index (χ0v) is 24.0. The fraction of sp³-hybridized carbons (Fsp3) is 0.467. The Bertz CT molecular complexity index is 752. The average molecular weight is 469 g/mol. The van der Waals surface area contributed by atoms with E-state index in [4.69, 9.17) is 0 Å². The van der Waals surface area contributed by atoms with Crippen LogP contribution in [0.4, 0.5) is 22.7 Å². The third kappa shape index (κ3) is 9.00. The highest BCUT2D eigenvalue weighted by Crippen LogP contribution is 2.19. The molecule has 1 aliphatic rings. The molecule has 1 aliphatic carbocycles. The monoisotopic (exact) mass is 468 g/mol. The predicted molar refractivity (Wildman–Crippen MR) is 155 cm³/mol. The van der Waals surface area contributed by atoms with Gasteiger partial charge in [-0.15, -0.1) is 0 Å². The van der Waals surface area contributed by atoms with Crippen LogP contribution in [0.25, 0.3) is 0 Å². The Labute approximate surface area is 211 Å². The fourth-order valence-corrected chi connectivity index (χ4v) is 3.61. The SMILES string of the molecule is CC.CC.CC.CN(C)c1ccc([NH+](c2ccc(N(C)C)cc2)C2C=CC([NH+](C)C)C=C2)cc1. The van der Waals surface area contributed by atoms with Crippen LogP contribution in [0.3, 0.4) is 0 Å². The largest absolute Gasteiger partial charge is 0.378 e. The molecule has 0 amide bonds. The molecule has 0 aromatic heterocycles. The van der Waals surface area contributed by atoms with Crippen molar-refractivity contribution in [1.29, 1.82) is 0 Å². The van der Waals surface area contributed by atoms with Crippen molar-refractivity contribution >= 4 is 22.7 Å². The lowest BCUT2D eigenvalue weighted by molar-refractivity contribution is -0.871. The van der Waals surface area contributed by atoms with E-state index in [9.17, 15) is 0 Å². The number of rotatable bonds is 6. The van der Waals surface area contributed by atoms with Crippen molar-refractivity contribution in [2.24, 2.45) is 0 Å². The summed E-state index contributed by atoms with van der Waals surface area (Å²) in [6.45, 7) is 12.0. The second-order valence-corrected chi connectivity index (χ2v) is 8.19. The third-order valence-electron chi connectivity index (χ3n) is 5.44. The minimum Gasteiger partial charge on any atom is -0.378 e. The molecule has 0 fully saturated rings. The Hall–Kier alpha value is -2.56. The first-order valence-corrected chi connectivity index (χ1v) is 13.0. The molecule has 190 valence electrons. The summed E-state index contributed by atoms with van der Waals surface area (Å²) in [6.07, 6.45) is 9.38. The number of benzene rings is 2. The van der Waals surface area contributed by atoms with Gasteiger partial charge in [0.2, 0.25) is 0 Å². The molecule has 3 rings (SSSR count). The highest BCUT2D eigenvalue weighted by Gasteiger charge is 2.26. The summed E-state index contributed by atoms with van der Waals surface area (Å²) in [6, 6.07) is 18.5. The second kappa shape index (κ2) is 17.0. The Kier molecular flexibility index (Phi) is 15.7. The Morgan fingerprint density at radius 2 is 0.794 bits per heavy atom. The number of nitrogens with zero attached hydrogens (tertiary/aromatic N) is 2. The van der Waals surface area contributed by atoms with Crippen molar-refractivity contribution in [3.8, 4) is 0 Å². The predicted octanol–water partition coefficient (Wildman–Crippen LogP) is 4.75. The lowest BCUT2D eigenvalue weighted by atomic mass is 10.0. The third-order valence-corrected chi connectivity index (χ3v) is 5.44. The van der Waals surface area contributed by atoms with E-state index in [0.29, 0.717) is 6.04 Å². The Morgan fingerprint density at radius 1 is 0.500 bits per heavy atom. The minimum atomic E-state index is 0.283. The van der Waals surface area contributed by atoms with Crippen molar-refractivity contribution in [3.05, 3.63) is 72.8 Å². The number of likely N-dealkylation sites (N-methyl/N-ethyl adjacent to an activating group) is 1. The van der Waals surface area contributed by atoms with E-state index >= 15 is 0 Å². The molecule has 0 unspecified atom stereocenters. The summed E-state index contributed by atoms with van der Waals surface area (Å²) in [5.41, 5.74) is 4.99. The molecule has 2 aromatic carbocycles. The van der Waals surface area contributed by atoms with Crippen LogP contribution in [0.5, 0.6) is 0 Å². The van der Waals surface area contributed by atoms with Gasteiger partial charge < -0.3 is 14.7 Å². The maximum atomic E-state index is 2.35. The van der Waals surface area contributed by atoms with Crippen molar-refractivity contribution < 1.29 is 9.80 Å². The van der Waals surface area contributed by atoms with E-state index in [-0.39, 0.29) is 6.04 Å². The maximum absolute atomic E-state index is 2.35. The van der Waals surface area contributed by atoms with Crippen LogP contribution < -0.4 is 19.6 Å². The first-order valence-electron chi connectivity index (χ1n) is 13.0. The van der Waals surface area contributed by atoms with E-state index in [1.54, 1.807) is 0 Å². The van der Waals surface area contributed by atoms with Gasteiger partial charge in [0.25, 0.3) is 0 Å². The van der Waals surface area contributed by atoms with Crippen LogP contribution in [0, 0.1) is 0 Å². The van der Waals surface area contributed by atoms with E-state index in [1.807, 2.05) is 41.5 Å². The summed E-state index contributed by atoms with van der Waals surface area (Å²) < 4.78 is 0. The van der Waals surface area contributed by atoms with Crippen LogP contribution >= 0.6 is 0 Å². The van der Waals surface area contributed by atoms with Gasteiger partial charge in [-0.3, -0.25) is 4.90 Å². The molecule has 0 aliphatic heterocycles. The molecule has 0 atom stereocenters. The summed E-state index contributed by atoms with van der Waals surface area (Å²) in [5, 5.41) is 0. The summed E-state index contributed by atoms with van der Waals surface area (Å²) in [4.78, 5) is 7.06. The van der Waals surface area contributed by atoms with Crippen LogP contribution in [-0.2, 0) is 0 Å². The van der Waals surface area contributed by atoms with Gasteiger partial charge in [-0.25, -0.2) is 0 Å². The molecule has 2 aromatic rings. The summed E-state index contributed by atoms with van der Waals surface area (Å²) in [7, 11) is 12.7. The Balaban J connectivity index is 0.00000168. The van der Waals surface area contributed by atoms with Crippen molar-refractivity contribution in [3.63, 3.8) is 0 Å². The summed E-state index contributed by atoms with van der Waals surface area (Å²) >= 11 is 0. The van der Waals surface area contributed by atoms with Gasteiger partial charge in [0.1, 0.15) is 23.5 Å². The molecule has 4 nitrogen and oxygen atoms in total. The first-order chi connectivity index (χ1) is 16.4. The van der Waals surface area contributed by atoms with Gasteiger partial charge in [0.05, 0.1) is 14.1 Å². The quantitative estimate of drug-likeness (QED) is 0.595. The van der Waals surface area contributed by atoms with Crippen LogP contribution in [0.1, 0.15) is 41.5 Å². The van der Waals surface area contributed by atoms with Gasteiger partial charge >= 0.3 is 0 Å². The standard InChI is InChI=1S/C24H32N4.3C2H6/c1-25(2)19-7-13-22(14-8-19)28(23-15-9-20(10-16-23)26(3)4)24-17-11-21(12-18-24)27(5)6;3*1-2/h7-19,22H,1-6H3;3*1-2H3/p+2. The molecule has 0 radical (unpaired) electrons. The molecule has 0 saturated carbocycles. The summed E-state index contributed by atoms with van der Waals surface area (Å²) in [5.74, 6) is 0. The van der Waals surface area contributed by atoms with Gasteiger partial charge in [0, 0.05) is 63.8 Å². The van der Waals surface area contributed by atoms with Crippen molar-refractivity contribution in [2.45, 2.75) is 53.6 Å². The lowest BCUT2D eigenvalue weighted by Gasteiger charge is -2.28. The maximum Gasteiger partial charge on any atom is 0.137 e. The Morgan fingerprint density at radius 3 is 1.06 bits per heavy atom. The topological polar surface area (TPSA) is 15.4 Å². The number of anilines is 2. The molecule has 0 spiro atoms. The molecule has 2 N–H and O–H groups in total. The van der Waals surface area contributed by atoms with E-state index in [0.717, 1.165) is 0 Å². The fourth-order valence-electron chi connectivity index (χ4n) is 3.61. The number of nitrogens with one attached hydrogen (secondary N) is 2. The zero-order valence-electron chi connectivity index (χ0n) is 24.0. The van der Waals surface area contributed by atoms with Crippen LogP contribution in [0.15, 0.2) is 72.8 Å². The normalized spacial score (nSPS) is 15.9. The molecule has 4 heteroatoms. The van der Waals surface area contributed by atoms with Crippen molar-refractivity contribution in [1.82, 2.24) is 0 Å². The first kappa shape index (κ1) is 31.4. The van der Waals surface area contributed by atoms with Gasteiger partial charge in [-0.05, 0) is 48.6 Å². The smallest absolute Gasteiger partial charge is 0.137 e.